The van der Waals surface area contributed by atoms with Crippen LogP contribution in [0.4, 0.5) is 10.1 Å². The van der Waals surface area contributed by atoms with Gasteiger partial charge in [-0.2, -0.15) is 0 Å². The zero-order valence-corrected chi connectivity index (χ0v) is 11.2. The average molecular weight is 274 g/mol. The first-order valence-electron chi connectivity index (χ1n) is 6.07. The molecule has 20 heavy (non-hydrogen) atoms. The molecule has 0 aliphatic rings. The molecule has 4 nitrogen and oxygen atoms in total. The van der Waals surface area contributed by atoms with Gasteiger partial charge < -0.3 is 15.8 Å². The third-order valence-corrected chi connectivity index (χ3v) is 2.87. The number of rotatable bonds is 3. The van der Waals surface area contributed by atoms with Crippen molar-refractivity contribution in [2.45, 2.75) is 6.92 Å². The van der Waals surface area contributed by atoms with Gasteiger partial charge in [-0.05, 0) is 36.8 Å². The van der Waals surface area contributed by atoms with Crippen LogP contribution in [-0.2, 0) is 0 Å². The van der Waals surface area contributed by atoms with Gasteiger partial charge in [-0.1, -0.05) is 6.07 Å². The summed E-state index contributed by atoms with van der Waals surface area (Å²) in [7, 11) is 1.54. The zero-order chi connectivity index (χ0) is 14.7. The van der Waals surface area contributed by atoms with Crippen LogP contribution in [0.3, 0.4) is 0 Å². The summed E-state index contributed by atoms with van der Waals surface area (Å²) in [6, 6.07) is 9.26. The van der Waals surface area contributed by atoms with Crippen molar-refractivity contribution in [3.05, 3.63) is 53.3 Å². The maximum atomic E-state index is 13.4. The lowest BCUT2D eigenvalue weighted by Gasteiger charge is -2.10. The molecule has 1 amide bonds. The number of halogens is 1. The van der Waals surface area contributed by atoms with Crippen molar-refractivity contribution < 1.29 is 13.9 Å². The first-order valence-corrected chi connectivity index (χ1v) is 6.07. The van der Waals surface area contributed by atoms with Crippen LogP contribution in [0, 0.1) is 12.7 Å². The fraction of sp³-hybridized carbons (Fsp3) is 0.133. The molecule has 0 bridgehead atoms. The predicted molar refractivity (Wildman–Crippen MR) is 75.5 cm³/mol. The number of carbonyl (C=O) groups is 1. The van der Waals surface area contributed by atoms with E-state index in [0.717, 1.165) is 0 Å². The van der Waals surface area contributed by atoms with Gasteiger partial charge in [0.15, 0.2) is 0 Å². The molecule has 0 heterocycles. The second-order valence-corrected chi connectivity index (χ2v) is 4.34. The Labute approximate surface area is 116 Å². The molecule has 0 radical (unpaired) electrons. The highest BCUT2D eigenvalue weighted by atomic mass is 19.1. The van der Waals surface area contributed by atoms with E-state index < -0.39 is 0 Å². The van der Waals surface area contributed by atoms with Gasteiger partial charge in [0, 0.05) is 18.7 Å². The molecule has 0 aliphatic carbocycles. The number of aryl methyl sites for hydroxylation is 1. The number of anilines is 1. The van der Waals surface area contributed by atoms with E-state index >= 15 is 0 Å². The minimum Gasteiger partial charge on any atom is -0.455 e. The Hall–Kier alpha value is -2.56. The summed E-state index contributed by atoms with van der Waals surface area (Å²) < 4.78 is 19.0. The maximum Gasteiger partial charge on any atom is 0.251 e. The lowest BCUT2D eigenvalue weighted by atomic mass is 10.1. The summed E-state index contributed by atoms with van der Waals surface area (Å²) in [5.41, 5.74) is 7.12. The second kappa shape index (κ2) is 5.61. The molecular formula is C15H15FN2O2. The van der Waals surface area contributed by atoms with Crippen LogP contribution in [0.2, 0.25) is 0 Å². The largest absolute Gasteiger partial charge is 0.455 e. The number of hydrogen-bond donors (Lipinski definition) is 2. The Kier molecular flexibility index (Phi) is 3.89. The number of amides is 1. The van der Waals surface area contributed by atoms with E-state index in [1.807, 2.05) is 0 Å². The molecule has 2 rings (SSSR count). The van der Waals surface area contributed by atoms with Crippen molar-refractivity contribution in [1.82, 2.24) is 5.32 Å². The van der Waals surface area contributed by atoms with Crippen LogP contribution in [0.25, 0.3) is 0 Å². The van der Waals surface area contributed by atoms with Crippen LogP contribution < -0.4 is 15.8 Å². The zero-order valence-electron chi connectivity index (χ0n) is 11.2. The van der Waals surface area contributed by atoms with Crippen molar-refractivity contribution in [1.29, 1.82) is 0 Å². The normalized spacial score (nSPS) is 10.2. The molecule has 2 aromatic rings. The van der Waals surface area contributed by atoms with Gasteiger partial charge in [0.2, 0.25) is 0 Å². The third-order valence-electron chi connectivity index (χ3n) is 2.87. The van der Waals surface area contributed by atoms with Crippen molar-refractivity contribution in [2.75, 3.05) is 12.8 Å². The van der Waals surface area contributed by atoms with Crippen LogP contribution >= 0.6 is 0 Å². The molecule has 0 aromatic heterocycles. The van der Waals surface area contributed by atoms with Gasteiger partial charge in [-0.3, -0.25) is 4.79 Å². The molecule has 0 saturated carbocycles. The van der Waals surface area contributed by atoms with Gasteiger partial charge in [0.05, 0.1) is 5.69 Å². The van der Waals surface area contributed by atoms with Gasteiger partial charge in [-0.25, -0.2) is 4.39 Å². The standard InChI is InChI=1S/C15H15FN2O2/c1-9-3-5-11(8-12(9)16)20-14-6-4-10(7-13(14)17)15(19)18-2/h3-8H,17H2,1-2H3,(H,18,19). The number of ether oxygens (including phenoxy) is 1. The lowest BCUT2D eigenvalue weighted by Crippen LogP contribution is -2.17. The summed E-state index contributed by atoms with van der Waals surface area (Å²) in [5, 5.41) is 2.51. The van der Waals surface area contributed by atoms with Gasteiger partial charge in [0.1, 0.15) is 17.3 Å². The molecule has 104 valence electrons. The number of benzene rings is 2. The van der Waals surface area contributed by atoms with E-state index in [1.54, 1.807) is 31.2 Å². The summed E-state index contributed by atoms with van der Waals surface area (Å²) in [6.07, 6.45) is 0. The summed E-state index contributed by atoms with van der Waals surface area (Å²) in [5.74, 6) is 0.154. The highest BCUT2D eigenvalue weighted by Crippen LogP contribution is 2.29. The van der Waals surface area contributed by atoms with E-state index in [9.17, 15) is 9.18 Å². The Morgan fingerprint density at radius 3 is 2.60 bits per heavy atom. The first kappa shape index (κ1) is 13.9. The highest BCUT2D eigenvalue weighted by molar-refractivity contribution is 5.95. The topological polar surface area (TPSA) is 64.3 Å². The van der Waals surface area contributed by atoms with Gasteiger partial charge >= 0.3 is 0 Å². The van der Waals surface area contributed by atoms with Crippen molar-refractivity contribution >= 4 is 11.6 Å². The minimum absolute atomic E-state index is 0.232. The van der Waals surface area contributed by atoms with E-state index in [0.29, 0.717) is 28.3 Å². The summed E-state index contributed by atoms with van der Waals surface area (Å²) >= 11 is 0. The quantitative estimate of drug-likeness (QED) is 0.846. The Morgan fingerprint density at radius 1 is 1.25 bits per heavy atom. The van der Waals surface area contributed by atoms with Crippen LogP contribution in [0.5, 0.6) is 11.5 Å². The third kappa shape index (κ3) is 2.88. The summed E-state index contributed by atoms with van der Waals surface area (Å²) in [4.78, 5) is 11.5. The van der Waals surface area contributed by atoms with Crippen LogP contribution in [0.15, 0.2) is 36.4 Å². The van der Waals surface area contributed by atoms with E-state index in [1.165, 1.54) is 19.2 Å². The number of hydrogen-bond acceptors (Lipinski definition) is 3. The van der Waals surface area contributed by atoms with E-state index in [2.05, 4.69) is 5.32 Å². The van der Waals surface area contributed by atoms with E-state index in [4.69, 9.17) is 10.5 Å². The fourth-order valence-corrected chi connectivity index (χ4v) is 1.69. The Bertz CT molecular complexity index is 656. The fourth-order valence-electron chi connectivity index (χ4n) is 1.69. The van der Waals surface area contributed by atoms with Gasteiger partial charge in [-0.15, -0.1) is 0 Å². The van der Waals surface area contributed by atoms with Crippen LogP contribution in [-0.4, -0.2) is 13.0 Å². The molecule has 2 aromatic carbocycles. The molecule has 0 spiro atoms. The SMILES string of the molecule is CNC(=O)c1ccc(Oc2ccc(C)c(F)c2)c(N)c1. The second-order valence-electron chi connectivity index (χ2n) is 4.34. The molecule has 0 atom stereocenters. The summed E-state index contributed by atoms with van der Waals surface area (Å²) in [6.45, 7) is 1.67. The lowest BCUT2D eigenvalue weighted by molar-refractivity contribution is 0.0963. The molecule has 5 heteroatoms. The predicted octanol–water partition coefficient (Wildman–Crippen LogP) is 2.87. The smallest absolute Gasteiger partial charge is 0.251 e. The van der Waals surface area contributed by atoms with Crippen molar-refractivity contribution in [3.8, 4) is 11.5 Å². The maximum absolute atomic E-state index is 13.4. The van der Waals surface area contributed by atoms with Crippen molar-refractivity contribution in [2.24, 2.45) is 0 Å². The molecule has 0 aliphatic heterocycles. The van der Waals surface area contributed by atoms with Crippen LogP contribution in [0.1, 0.15) is 15.9 Å². The number of carbonyl (C=O) groups excluding carboxylic acids is 1. The molecule has 0 saturated heterocycles. The molecule has 0 fully saturated rings. The number of nitrogens with one attached hydrogen (secondary N) is 1. The monoisotopic (exact) mass is 274 g/mol. The van der Waals surface area contributed by atoms with E-state index in [-0.39, 0.29) is 11.7 Å². The average Bonchev–Trinajstić information content (AvgIpc) is 2.44. The first-order chi connectivity index (χ1) is 9.51. The highest BCUT2D eigenvalue weighted by Gasteiger charge is 2.09. The molecule has 3 N–H and O–H groups in total. The number of nitrogens with two attached hydrogens (primary N) is 1. The number of nitrogen functional groups attached to an aromatic ring is 1. The Morgan fingerprint density at radius 2 is 2.00 bits per heavy atom. The molecular weight excluding hydrogens is 259 g/mol. The molecule has 0 unspecified atom stereocenters. The minimum atomic E-state index is -0.344. The Balaban J connectivity index is 2.25. The van der Waals surface area contributed by atoms with Crippen molar-refractivity contribution in [3.63, 3.8) is 0 Å². The van der Waals surface area contributed by atoms with Gasteiger partial charge in [0.25, 0.3) is 5.91 Å².